The molecule has 1 heterocycles. The lowest BCUT2D eigenvalue weighted by molar-refractivity contribution is -0.382. The highest BCUT2D eigenvalue weighted by molar-refractivity contribution is 7.88. The van der Waals surface area contributed by atoms with Gasteiger partial charge in [-0.25, -0.2) is 4.98 Å². The van der Waals surface area contributed by atoms with Crippen LogP contribution in [-0.2, 0) is 10.1 Å². The molecule has 0 radical (unpaired) electrons. The number of alkyl halides is 9. The van der Waals surface area contributed by atoms with Crippen molar-refractivity contribution in [3.8, 4) is 17.0 Å². The van der Waals surface area contributed by atoms with E-state index in [2.05, 4.69) is 9.17 Å². The predicted octanol–water partition coefficient (Wildman–Crippen LogP) is 5.50. The summed E-state index contributed by atoms with van der Waals surface area (Å²) >= 11 is 0. The summed E-state index contributed by atoms with van der Waals surface area (Å²) in [4.78, 5) is 3.51. The zero-order valence-corrected chi connectivity index (χ0v) is 16.3. The molecule has 2 aromatic rings. The average molecular weight is 481 g/mol. The first-order valence-corrected chi connectivity index (χ1v) is 9.45. The van der Waals surface area contributed by atoms with Crippen molar-refractivity contribution in [2.75, 3.05) is 0 Å². The Kier molecular flexibility index (Phi) is 6.04. The lowest BCUT2D eigenvalue weighted by atomic mass is 10.0. The van der Waals surface area contributed by atoms with Gasteiger partial charge in [-0.2, -0.15) is 47.9 Å². The summed E-state index contributed by atoms with van der Waals surface area (Å²) in [7, 11) is -7.10. The summed E-state index contributed by atoms with van der Waals surface area (Å²) < 4.78 is 146. The SMILES string of the molecule is Cc1cc(C)c(-c2ccccc2)c(OS(=O)(=O)C(F)(F)C(F)(F)C(F)(F)C(F)(F)F)n1. The molecule has 0 amide bonds. The number of aryl methyl sites for hydroxylation is 2. The minimum Gasteiger partial charge on any atom is -0.357 e. The van der Waals surface area contributed by atoms with Crippen LogP contribution in [0.25, 0.3) is 11.1 Å². The molecule has 0 aliphatic heterocycles. The number of halogens is 9. The molecule has 31 heavy (non-hydrogen) atoms. The second kappa shape index (κ2) is 7.57. The number of benzene rings is 1. The first-order chi connectivity index (χ1) is 13.9. The molecule has 2 rings (SSSR count). The molecule has 172 valence electrons. The molecule has 1 aromatic heterocycles. The fourth-order valence-corrected chi connectivity index (χ4v) is 3.37. The number of hydrogen-bond donors (Lipinski definition) is 0. The Morgan fingerprint density at radius 3 is 1.84 bits per heavy atom. The van der Waals surface area contributed by atoms with Crippen LogP contribution in [0.5, 0.6) is 5.88 Å². The molecule has 0 unspecified atom stereocenters. The molecule has 0 fully saturated rings. The van der Waals surface area contributed by atoms with Crippen LogP contribution in [-0.4, -0.2) is 36.7 Å². The van der Waals surface area contributed by atoms with Gasteiger partial charge in [0.25, 0.3) is 0 Å². The highest BCUT2D eigenvalue weighted by atomic mass is 32.2. The van der Waals surface area contributed by atoms with Crippen LogP contribution in [0.2, 0.25) is 0 Å². The van der Waals surface area contributed by atoms with Gasteiger partial charge in [0.05, 0.1) is 0 Å². The summed E-state index contributed by atoms with van der Waals surface area (Å²) in [6.07, 6.45) is -7.18. The maximum Gasteiger partial charge on any atom is 0.460 e. The number of aromatic nitrogens is 1. The van der Waals surface area contributed by atoms with Gasteiger partial charge in [0, 0.05) is 11.3 Å². The molecule has 4 nitrogen and oxygen atoms in total. The van der Waals surface area contributed by atoms with Gasteiger partial charge in [0.2, 0.25) is 5.88 Å². The van der Waals surface area contributed by atoms with Crippen LogP contribution in [0, 0.1) is 13.8 Å². The summed E-state index contributed by atoms with van der Waals surface area (Å²) in [6.45, 7) is 2.59. The van der Waals surface area contributed by atoms with Crippen molar-refractivity contribution in [3.05, 3.63) is 47.7 Å². The third kappa shape index (κ3) is 4.04. The fraction of sp³-hybridized carbons (Fsp3) is 0.353. The topological polar surface area (TPSA) is 56.3 Å². The van der Waals surface area contributed by atoms with E-state index in [0.29, 0.717) is 0 Å². The molecule has 0 saturated heterocycles. The molecule has 0 N–H and O–H groups in total. The maximum absolute atomic E-state index is 14.0. The quantitative estimate of drug-likeness (QED) is 0.404. The average Bonchev–Trinajstić information content (AvgIpc) is 2.60. The molecule has 1 aromatic carbocycles. The zero-order valence-electron chi connectivity index (χ0n) is 15.4. The van der Waals surface area contributed by atoms with Crippen molar-refractivity contribution in [3.63, 3.8) is 0 Å². The van der Waals surface area contributed by atoms with Crippen molar-refractivity contribution in [1.29, 1.82) is 0 Å². The van der Waals surface area contributed by atoms with Crippen LogP contribution in [0.1, 0.15) is 11.3 Å². The zero-order chi connectivity index (χ0) is 24.0. The Balaban J connectivity index is 2.64. The highest BCUT2D eigenvalue weighted by Crippen LogP contribution is 2.55. The van der Waals surface area contributed by atoms with Crippen LogP contribution < -0.4 is 4.18 Å². The van der Waals surface area contributed by atoms with Gasteiger partial charge in [0.1, 0.15) is 0 Å². The number of rotatable bonds is 6. The van der Waals surface area contributed by atoms with E-state index in [0.717, 1.165) is 0 Å². The van der Waals surface area contributed by atoms with Gasteiger partial charge < -0.3 is 4.18 Å². The summed E-state index contributed by atoms with van der Waals surface area (Å²) in [5.41, 5.74) is -0.0393. The number of nitrogens with zero attached hydrogens (tertiary/aromatic N) is 1. The lowest BCUT2D eigenvalue weighted by Crippen LogP contribution is -2.63. The van der Waals surface area contributed by atoms with Crippen LogP contribution in [0.15, 0.2) is 36.4 Å². The van der Waals surface area contributed by atoms with E-state index >= 15 is 0 Å². The fourth-order valence-electron chi connectivity index (χ4n) is 2.49. The molecule has 0 aliphatic carbocycles. The highest BCUT2D eigenvalue weighted by Gasteiger charge is 2.86. The summed E-state index contributed by atoms with van der Waals surface area (Å²) in [5, 5.41) is -6.98. The molecule has 0 saturated carbocycles. The van der Waals surface area contributed by atoms with E-state index < -0.39 is 39.3 Å². The largest absolute Gasteiger partial charge is 0.460 e. The van der Waals surface area contributed by atoms with Crippen molar-refractivity contribution in [2.24, 2.45) is 0 Å². The van der Waals surface area contributed by atoms with Crippen LogP contribution in [0.4, 0.5) is 39.5 Å². The number of hydrogen-bond acceptors (Lipinski definition) is 4. The second-order valence-electron chi connectivity index (χ2n) is 6.33. The van der Waals surface area contributed by atoms with Crippen molar-refractivity contribution in [2.45, 2.75) is 37.1 Å². The molecule has 0 bridgehead atoms. The van der Waals surface area contributed by atoms with E-state index in [1.165, 1.54) is 50.2 Å². The molecule has 14 heteroatoms. The Labute approximate surface area is 169 Å². The van der Waals surface area contributed by atoms with E-state index in [4.69, 9.17) is 0 Å². The molecular formula is C17H12F9NO3S. The third-order valence-electron chi connectivity index (χ3n) is 3.99. The van der Waals surface area contributed by atoms with Gasteiger partial charge in [0.15, 0.2) is 0 Å². The van der Waals surface area contributed by atoms with Crippen molar-refractivity contribution < 1.29 is 52.1 Å². The van der Waals surface area contributed by atoms with Gasteiger partial charge >= 0.3 is 33.4 Å². The van der Waals surface area contributed by atoms with Crippen molar-refractivity contribution in [1.82, 2.24) is 4.98 Å². The van der Waals surface area contributed by atoms with Gasteiger partial charge in [-0.15, -0.1) is 0 Å². The van der Waals surface area contributed by atoms with Crippen molar-refractivity contribution >= 4 is 10.1 Å². The Morgan fingerprint density at radius 1 is 0.839 bits per heavy atom. The van der Waals surface area contributed by atoms with Gasteiger partial charge in [-0.05, 0) is 31.0 Å². The monoisotopic (exact) mass is 481 g/mol. The molecular weight excluding hydrogens is 469 g/mol. The van der Waals surface area contributed by atoms with E-state index in [-0.39, 0.29) is 22.4 Å². The first-order valence-electron chi connectivity index (χ1n) is 8.04. The number of pyridine rings is 1. The molecule has 0 spiro atoms. The van der Waals surface area contributed by atoms with Crippen LogP contribution >= 0.6 is 0 Å². The molecule has 0 atom stereocenters. The molecule has 0 aliphatic rings. The Hall–Kier alpha value is -2.51. The van der Waals surface area contributed by atoms with E-state index in [9.17, 15) is 47.9 Å². The smallest absolute Gasteiger partial charge is 0.357 e. The predicted molar refractivity (Wildman–Crippen MR) is 89.6 cm³/mol. The Morgan fingerprint density at radius 2 is 1.35 bits per heavy atom. The van der Waals surface area contributed by atoms with E-state index in [1.54, 1.807) is 0 Å². The third-order valence-corrected chi connectivity index (χ3v) is 5.25. The van der Waals surface area contributed by atoms with Crippen LogP contribution in [0.3, 0.4) is 0 Å². The van der Waals surface area contributed by atoms with Gasteiger partial charge in [-0.1, -0.05) is 30.3 Å². The standard InChI is InChI=1S/C17H12F9NO3S/c1-9-8-10(2)27-13(12(9)11-6-4-3-5-7-11)30-31(28,29)17(25,26)15(20,21)14(18,19)16(22,23)24/h3-8H,1-2H3. The minimum atomic E-state index is -7.40. The summed E-state index contributed by atoms with van der Waals surface area (Å²) in [5.74, 6) is -16.0. The van der Waals surface area contributed by atoms with E-state index in [1.807, 2.05) is 0 Å². The second-order valence-corrected chi connectivity index (χ2v) is 7.92. The minimum absolute atomic E-state index is 0.0434. The van der Waals surface area contributed by atoms with Gasteiger partial charge in [-0.3, -0.25) is 0 Å². The maximum atomic E-state index is 14.0. The summed E-state index contributed by atoms with van der Waals surface area (Å²) in [6, 6.07) is 8.39. The first kappa shape index (κ1) is 24.8. The lowest BCUT2D eigenvalue weighted by Gasteiger charge is -2.32. The normalized spacial score (nSPS) is 13.9. The Bertz CT molecular complexity index is 1070.